The summed E-state index contributed by atoms with van der Waals surface area (Å²) < 4.78 is 0. The summed E-state index contributed by atoms with van der Waals surface area (Å²) in [5, 5.41) is 7.22. The topological polar surface area (TPSA) is 69.3 Å². The van der Waals surface area contributed by atoms with Crippen LogP contribution in [-0.4, -0.2) is 58.0 Å². The summed E-state index contributed by atoms with van der Waals surface area (Å²) in [6.45, 7) is 8.20. The van der Waals surface area contributed by atoms with Crippen LogP contribution in [0.3, 0.4) is 0 Å². The third-order valence-electron chi connectivity index (χ3n) is 6.42. The van der Waals surface area contributed by atoms with Gasteiger partial charge in [0.2, 0.25) is 5.91 Å². The van der Waals surface area contributed by atoms with Gasteiger partial charge < -0.3 is 9.80 Å². The normalized spacial score (nSPS) is 16.8. The van der Waals surface area contributed by atoms with Gasteiger partial charge >= 0.3 is 0 Å². The van der Waals surface area contributed by atoms with Crippen LogP contribution >= 0.6 is 0 Å². The molecule has 4 rings (SSSR count). The molecular formula is C27H32N4O2. The molecule has 2 aromatic carbocycles. The zero-order valence-corrected chi connectivity index (χ0v) is 19.6. The Kier molecular flexibility index (Phi) is 6.92. The van der Waals surface area contributed by atoms with Crippen molar-refractivity contribution < 1.29 is 9.59 Å². The van der Waals surface area contributed by atoms with E-state index in [0.29, 0.717) is 38.3 Å². The van der Waals surface area contributed by atoms with Crippen molar-refractivity contribution in [3.8, 4) is 11.1 Å². The van der Waals surface area contributed by atoms with Gasteiger partial charge in [0.1, 0.15) is 5.69 Å². The molecule has 0 aliphatic carbocycles. The summed E-state index contributed by atoms with van der Waals surface area (Å²) in [4.78, 5) is 30.3. The Hall–Kier alpha value is -3.41. The zero-order valence-electron chi connectivity index (χ0n) is 19.6. The first-order valence-electron chi connectivity index (χ1n) is 11.7. The summed E-state index contributed by atoms with van der Waals surface area (Å²) in [7, 11) is 0. The number of nitrogens with zero attached hydrogens (tertiary/aromatic N) is 3. The van der Waals surface area contributed by atoms with Crippen LogP contribution in [0.2, 0.25) is 0 Å². The molecule has 0 spiro atoms. The number of carbonyl (C=O) groups excluding carboxylic acids is 2. The lowest BCUT2D eigenvalue weighted by Crippen LogP contribution is -2.38. The molecule has 0 bridgehead atoms. The third kappa shape index (κ3) is 5.00. The van der Waals surface area contributed by atoms with Gasteiger partial charge in [-0.3, -0.25) is 14.7 Å². The Bertz CT molecular complexity index is 1110. The Morgan fingerprint density at radius 3 is 2.52 bits per heavy atom. The first-order chi connectivity index (χ1) is 16.0. The summed E-state index contributed by atoms with van der Waals surface area (Å²) in [6.07, 6.45) is 0.585. The van der Waals surface area contributed by atoms with Gasteiger partial charge in [-0.2, -0.15) is 5.10 Å². The van der Waals surface area contributed by atoms with Gasteiger partial charge in [-0.05, 0) is 42.0 Å². The predicted molar refractivity (Wildman–Crippen MR) is 130 cm³/mol. The SMILES string of the molecule is CCN1CCN(C(=O)c2cc(C(C)C)[nH]n2)CC(Cc2ccccc2-c2ccccc2)C1=O. The first-order valence-corrected chi connectivity index (χ1v) is 11.7. The van der Waals surface area contributed by atoms with E-state index >= 15 is 0 Å². The fourth-order valence-corrected chi connectivity index (χ4v) is 4.46. The molecular weight excluding hydrogens is 412 g/mol. The lowest BCUT2D eigenvalue weighted by molar-refractivity contribution is -0.134. The highest BCUT2D eigenvalue weighted by Gasteiger charge is 2.33. The minimum atomic E-state index is -0.301. The Morgan fingerprint density at radius 2 is 1.82 bits per heavy atom. The van der Waals surface area contributed by atoms with Gasteiger partial charge in [-0.1, -0.05) is 68.4 Å². The Morgan fingerprint density at radius 1 is 1.09 bits per heavy atom. The Balaban J connectivity index is 1.61. The summed E-state index contributed by atoms with van der Waals surface area (Å²) >= 11 is 0. The van der Waals surface area contributed by atoms with Crippen molar-refractivity contribution in [2.45, 2.75) is 33.1 Å². The number of carbonyl (C=O) groups is 2. The first kappa shape index (κ1) is 22.8. The molecule has 0 radical (unpaired) electrons. The second kappa shape index (κ2) is 10.0. The van der Waals surface area contributed by atoms with E-state index in [1.54, 1.807) is 4.90 Å². The van der Waals surface area contributed by atoms with Crippen molar-refractivity contribution in [2.75, 3.05) is 26.2 Å². The summed E-state index contributed by atoms with van der Waals surface area (Å²) in [5.74, 6) is -0.0434. The lowest BCUT2D eigenvalue weighted by atomic mass is 9.91. The number of hydrogen-bond acceptors (Lipinski definition) is 3. The summed E-state index contributed by atoms with van der Waals surface area (Å²) in [6, 6.07) is 20.3. The van der Waals surface area contributed by atoms with Crippen LogP contribution in [0, 0.1) is 5.92 Å². The van der Waals surface area contributed by atoms with Crippen molar-refractivity contribution in [2.24, 2.45) is 5.92 Å². The predicted octanol–water partition coefficient (Wildman–Crippen LogP) is 4.36. The number of hydrogen-bond donors (Lipinski definition) is 1. The second-order valence-electron chi connectivity index (χ2n) is 8.96. The molecule has 1 unspecified atom stereocenters. The number of H-pyrrole nitrogens is 1. The van der Waals surface area contributed by atoms with E-state index in [4.69, 9.17) is 0 Å². The molecule has 33 heavy (non-hydrogen) atoms. The second-order valence-corrected chi connectivity index (χ2v) is 8.96. The van der Waals surface area contributed by atoms with E-state index in [1.807, 2.05) is 48.2 Å². The molecule has 0 saturated carbocycles. The zero-order chi connectivity index (χ0) is 23.4. The number of nitrogens with one attached hydrogen (secondary N) is 1. The van der Waals surface area contributed by atoms with Gasteiger partial charge in [0.25, 0.3) is 5.91 Å². The van der Waals surface area contributed by atoms with Gasteiger partial charge in [0.05, 0.1) is 5.92 Å². The third-order valence-corrected chi connectivity index (χ3v) is 6.42. The van der Waals surface area contributed by atoms with E-state index in [2.05, 4.69) is 48.3 Å². The molecule has 2 amide bonds. The average molecular weight is 445 g/mol. The molecule has 1 aromatic heterocycles. The van der Waals surface area contributed by atoms with E-state index in [1.165, 1.54) is 0 Å². The highest BCUT2D eigenvalue weighted by atomic mass is 16.2. The van der Waals surface area contributed by atoms with Crippen LogP contribution in [-0.2, 0) is 11.2 Å². The van der Waals surface area contributed by atoms with Gasteiger partial charge in [-0.25, -0.2) is 0 Å². The van der Waals surface area contributed by atoms with Crippen molar-refractivity contribution in [1.29, 1.82) is 0 Å². The molecule has 1 N–H and O–H groups in total. The number of likely N-dealkylation sites (N-methyl/N-ethyl adjacent to an activating group) is 1. The molecule has 6 nitrogen and oxygen atoms in total. The number of aromatic amines is 1. The van der Waals surface area contributed by atoms with Gasteiger partial charge in [0.15, 0.2) is 0 Å². The van der Waals surface area contributed by atoms with Crippen LogP contribution in [0.5, 0.6) is 0 Å². The molecule has 2 heterocycles. The van der Waals surface area contributed by atoms with Crippen LogP contribution in [0.4, 0.5) is 0 Å². The van der Waals surface area contributed by atoms with E-state index < -0.39 is 0 Å². The molecule has 1 atom stereocenters. The fourth-order valence-electron chi connectivity index (χ4n) is 4.46. The quantitative estimate of drug-likeness (QED) is 0.614. The molecule has 1 saturated heterocycles. The number of benzene rings is 2. The van der Waals surface area contributed by atoms with Crippen LogP contribution in [0.25, 0.3) is 11.1 Å². The molecule has 3 aromatic rings. The van der Waals surface area contributed by atoms with E-state index in [0.717, 1.165) is 22.4 Å². The van der Waals surface area contributed by atoms with Gasteiger partial charge in [0, 0.05) is 31.9 Å². The van der Waals surface area contributed by atoms with E-state index in [-0.39, 0.29) is 23.7 Å². The molecule has 172 valence electrons. The van der Waals surface area contributed by atoms with Crippen molar-refractivity contribution >= 4 is 11.8 Å². The smallest absolute Gasteiger partial charge is 0.274 e. The van der Waals surface area contributed by atoms with Crippen molar-refractivity contribution in [1.82, 2.24) is 20.0 Å². The van der Waals surface area contributed by atoms with Crippen LogP contribution in [0.15, 0.2) is 60.7 Å². The Labute approximate surface area is 195 Å². The van der Waals surface area contributed by atoms with E-state index in [9.17, 15) is 9.59 Å². The maximum absolute atomic E-state index is 13.4. The van der Waals surface area contributed by atoms with Crippen LogP contribution in [0.1, 0.15) is 48.4 Å². The van der Waals surface area contributed by atoms with Crippen LogP contribution < -0.4 is 0 Å². The minimum Gasteiger partial charge on any atom is -0.341 e. The number of aromatic nitrogens is 2. The minimum absolute atomic E-state index is 0.112. The monoisotopic (exact) mass is 444 g/mol. The lowest BCUT2D eigenvalue weighted by Gasteiger charge is -2.24. The molecule has 6 heteroatoms. The largest absolute Gasteiger partial charge is 0.341 e. The maximum Gasteiger partial charge on any atom is 0.274 e. The summed E-state index contributed by atoms with van der Waals surface area (Å²) in [5.41, 5.74) is 4.73. The van der Waals surface area contributed by atoms with Gasteiger partial charge in [-0.15, -0.1) is 0 Å². The highest BCUT2D eigenvalue weighted by molar-refractivity contribution is 5.93. The standard InChI is InChI=1S/C27H32N4O2/c1-4-30-14-15-31(27(33)25-17-24(19(2)3)28-29-25)18-22(26(30)32)16-21-12-8-9-13-23(21)20-10-6-5-7-11-20/h5-13,17,19,22H,4,14-16,18H2,1-3H3,(H,28,29). The average Bonchev–Trinajstić information content (AvgIpc) is 3.28. The van der Waals surface area contributed by atoms with Crippen molar-refractivity contribution in [3.63, 3.8) is 0 Å². The fraction of sp³-hybridized carbons (Fsp3) is 0.370. The maximum atomic E-state index is 13.4. The highest BCUT2D eigenvalue weighted by Crippen LogP contribution is 2.27. The van der Waals surface area contributed by atoms with Crippen molar-refractivity contribution in [3.05, 3.63) is 77.6 Å². The molecule has 1 fully saturated rings. The molecule has 1 aliphatic rings. The number of amides is 2. The number of rotatable bonds is 6. The molecule has 1 aliphatic heterocycles.